The molecule has 0 spiro atoms. The van der Waals surface area contributed by atoms with Gasteiger partial charge in [0.25, 0.3) is 0 Å². The Balaban J connectivity index is 1.06. The van der Waals surface area contributed by atoms with Crippen molar-refractivity contribution in [2.75, 3.05) is 0 Å². The fourth-order valence-corrected chi connectivity index (χ4v) is 10.9. The van der Waals surface area contributed by atoms with Gasteiger partial charge in [0.15, 0.2) is 0 Å². The second kappa shape index (κ2) is 15.6. The summed E-state index contributed by atoms with van der Waals surface area (Å²) in [6.07, 6.45) is 0. The van der Waals surface area contributed by atoms with E-state index in [-0.39, 0.29) is 0 Å². The molecule has 0 saturated carbocycles. The topological polar surface area (TPSA) is 0 Å². The van der Waals surface area contributed by atoms with Crippen LogP contribution in [0, 0.1) is 0 Å². The molecule has 0 heteroatoms. The van der Waals surface area contributed by atoms with Gasteiger partial charge in [-0.2, -0.15) is 0 Å². The molecule has 0 N–H and O–H groups in total. The molecule has 0 aliphatic rings. The SMILES string of the molecule is c1ccc(-c2c3ccccc3c(-c3ccc(-c4cc(-c5c6ccccc6c(-c6ccccc6)c6ccccc56)cc(-c5cc6ccccc6c6ccccc56)c4)cc3)c3ccccc23)cc1. The highest BCUT2D eigenvalue weighted by atomic mass is 14.2. The van der Waals surface area contributed by atoms with Crippen LogP contribution in [0.3, 0.4) is 0 Å². The highest BCUT2D eigenvalue weighted by molar-refractivity contribution is 6.23. The fraction of sp³-hybridized carbons (Fsp3) is 0. The summed E-state index contributed by atoms with van der Waals surface area (Å²) in [7, 11) is 0. The van der Waals surface area contributed by atoms with Crippen LogP contribution in [0.2, 0.25) is 0 Å². The van der Waals surface area contributed by atoms with Crippen LogP contribution in [0.4, 0.5) is 0 Å². The lowest BCUT2D eigenvalue weighted by Crippen LogP contribution is -1.93. The Morgan fingerprint density at radius 1 is 0.152 bits per heavy atom. The lowest BCUT2D eigenvalue weighted by atomic mass is 9.83. The van der Waals surface area contributed by atoms with E-state index in [1.807, 2.05) is 0 Å². The van der Waals surface area contributed by atoms with E-state index < -0.39 is 0 Å². The van der Waals surface area contributed by atoms with Crippen molar-refractivity contribution in [1.29, 1.82) is 0 Å². The van der Waals surface area contributed by atoms with Crippen molar-refractivity contribution in [3.05, 3.63) is 255 Å². The van der Waals surface area contributed by atoms with Gasteiger partial charge in [-0.1, -0.05) is 231 Å². The van der Waals surface area contributed by atoms with Gasteiger partial charge < -0.3 is 0 Å². The summed E-state index contributed by atoms with van der Waals surface area (Å²) in [4.78, 5) is 0. The molecule has 0 heterocycles. The average Bonchev–Trinajstić information content (AvgIpc) is 3.39. The Bertz CT molecular complexity index is 3900. The maximum atomic E-state index is 2.44. The van der Waals surface area contributed by atoms with Crippen molar-refractivity contribution >= 4 is 64.6 Å². The summed E-state index contributed by atoms with van der Waals surface area (Å²) in [5.41, 5.74) is 14.7. The first-order valence-corrected chi connectivity index (χ1v) is 22.9. The molecule has 0 atom stereocenters. The van der Waals surface area contributed by atoms with E-state index in [0.717, 1.165) is 0 Å². The molecule has 66 heavy (non-hydrogen) atoms. The quantitative estimate of drug-likeness (QED) is 0.116. The number of benzene rings is 13. The first-order valence-electron chi connectivity index (χ1n) is 22.9. The number of fused-ring (bicyclic) bond motifs is 7. The zero-order valence-corrected chi connectivity index (χ0v) is 36.2. The Morgan fingerprint density at radius 3 is 0.909 bits per heavy atom. The highest BCUT2D eigenvalue weighted by Crippen LogP contribution is 2.48. The number of hydrogen-bond donors (Lipinski definition) is 0. The molecule has 0 aliphatic carbocycles. The Hall–Kier alpha value is -8.58. The second-order valence-electron chi connectivity index (χ2n) is 17.5. The van der Waals surface area contributed by atoms with Crippen molar-refractivity contribution in [3.8, 4) is 66.8 Å². The second-order valence-corrected chi connectivity index (χ2v) is 17.5. The van der Waals surface area contributed by atoms with Crippen LogP contribution in [0.5, 0.6) is 0 Å². The molecule has 0 amide bonds. The smallest absolute Gasteiger partial charge is 0.00259 e. The molecule has 0 aromatic heterocycles. The van der Waals surface area contributed by atoms with Gasteiger partial charge in [-0.05, 0) is 156 Å². The van der Waals surface area contributed by atoms with Gasteiger partial charge >= 0.3 is 0 Å². The highest BCUT2D eigenvalue weighted by Gasteiger charge is 2.20. The minimum absolute atomic E-state index is 1.18. The maximum Gasteiger partial charge on any atom is -0.00259 e. The molecular formula is C66H42. The maximum absolute atomic E-state index is 2.44. The predicted octanol–water partition coefficient (Wildman–Crippen LogP) is 18.6. The van der Waals surface area contributed by atoms with Crippen LogP contribution < -0.4 is 0 Å². The van der Waals surface area contributed by atoms with E-state index in [1.54, 1.807) is 0 Å². The molecule has 306 valence electrons. The van der Waals surface area contributed by atoms with Gasteiger partial charge in [-0.25, -0.2) is 0 Å². The third-order valence-electron chi connectivity index (χ3n) is 13.8. The van der Waals surface area contributed by atoms with Crippen LogP contribution in [-0.4, -0.2) is 0 Å². The van der Waals surface area contributed by atoms with Crippen LogP contribution in [0.1, 0.15) is 0 Å². The fourth-order valence-electron chi connectivity index (χ4n) is 10.9. The molecule has 0 saturated heterocycles. The largest absolute Gasteiger partial charge is 0.0622 e. The third kappa shape index (κ3) is 6.15. The van der Waals surface area contributed by atoms with Crippen LogP contribution >= 0.6 is 0 Å². The minimum Gasteiger partial charge on any atom is -0.0622 e. The molecule has 13 aromatic rings. The van der Waals surface area contributed by atoms with Gasteiger partial charge in [0.05, 0.1) is 0 Å². The molecule has 0 nitrogen and oxygen atoms in total. The van der Waals surface area contributed by atoms with Gasteiger partial charge in [0.2, 0.25) is 0 Å². The van der Waals surface area contributed by atoms with Crippen LogP contribution in [0.25, 0.3) is 131 Å². The first-order chi connectivity index (χ1) is 32.8. The van der Waals surface area contributed by atoms with Crippen LogP contribution in [-0.2, 0) is 0 Å². The lowest BCUT2D eigenvalue weighted by Gasteiger charge is -2.20. The summed E-state index contributed by atoms with van der Waals surface area (Å²) >= 11 is 0. The normalized spacial score (nSPS) is 11.6. The molecule has 0 fully saturated rings. The number of hydrogen-bond acceptors (Lipinski definition) is 0. The van der Waals surface area contributed by atoms with Gasteiger partial charge in [-0.15, -0.1) is 0 Å². The van der Waals surface area contributed by atoms with Crippen LogP contribution in [0.15, 0.2) is 255 Å². The van der Waals surface area contributed by atoms with E-state index >= 15 is 0 Å². The molecule has 0 unspecified atom stereocenters. The van der Waals surface area contributed by atoms with Crippen molar-refractivity contribution in [2.45, 2.75) is 0 Å². The average molecular weight is 835 g/mol. The monoisotopic (exact) mass is 834 g/mol. The molecule has 13 aromatic carbocycles. The van der Waals surface area contributed by atoms with Gasteiger partial charge in [0.1, 0.15) is 0 Å². The molecule has 13 rings (SSSR count). The summed E-state index contributed by atoms with van der Waals surface area (Å²) in [6.45, 7) is 0. The van der Waals surface area contributed by atoms with Crippen molar-refractivity contribution in [3.63, 3.8) is 0 Å². The molecule has 0 radical (unpaired) electrons. The van der Waals surface area contributed by atoms with E-state index in [4.69, 9.17) is 0 Å². The van der Waals surface area contributed by atoms with Crippen molar-refractivity contribution < 1.29 is 0 Å². The standard InChI is InChI=1S/C66H42/c1-3-19-44(20-4-1)63-54-27-11-13-29-56(54)65(57-30-14-12-28-55(57)63)46-37-35-43(36-38-46)48-39-49(62-42-47-23-7-8-24-51(47)52-25-9-10-26-53(52)62)41-50(40-48)66-60-33-17-15-31-58(60)64(45-21-5-2-6-22-45)59-32-16-18-34-61(59)66/h1-42H. The Kier molecular flexibility index (Phi) is 8.96. The zero-order valence-electron chi connectivity index (χ0n) is 36.2. The van der Waals surface area contributed by atoms with Crippen molar-refractivity contribution in [1.82, 2.24) is 0 Å². The molecule has 0 bridgehead atoms. The summed E-state index contributed by atoms with van der Waals surface area (Å²) < 4.78 is 0. The summed E-state index contributed by atoms with van der Waals surface area (Å²) in [5.74, 6) is 0. The van der Waals surface area contributed by atoms with Gasteiger partial charge in [0, 0.05) is 0 Å². The van der Waals surface area contributed by atoms with Crippen molar-refractivity contribution in [2.24, 2.45) is 0 Å². The summed E-state index contributed by atoms with van der Waals surface area (Å²) in [6, 6.07) is 94.2. The van der Waals surface area contributed by atoms with E-state index in [9.17, 15) is 0 Å². The van der Waals surface area contributed by atoms with E-state index in [2.05, 4.69) is 255 Å². The molecular weight excluding hydrogens is 793 g/mol. The first kappa shape index (κ1) is 37.9. The van der Waals surface area contributed by atoms with E-state index in [1.165, 1.54) is 131 Å². The lowest BCUT2D eigenvalue weighted by molar-refractivity contribution is 1.59. The molecule has 0 aliphatic heterocycles. The van der Waals surface area contributed by atoms with E-state index in [0.29, 0.717) is 0 Å². The Morgan fingerprint density at radius 2 is 0.455 bits per heavy atom. The minimum atomic E-state index is 1.18. The number of rotatable bonds is 6. The third-order valence-corrected chi connectivity index (χ3v) is 13.8. The predicted molar refractivity (Wildman–Crippen MR) is 284 cm³/mol. The Labute approximate surface area is 384 Å². The van der Waals surface area contributed by atoms with Gasteiger partial charge in [-0.3, -0.25) is 0 Å². The zero-order chi connectivity index (χ0) is 43.6. The summed E-state index contributed by atoms with van der Waals surface area (Å²) in [5, 5.41) is 15.1.